The largest absolute Gasteiger partial charge is 0.320 e. The highest BCUT2D eigenvalue weighted by molar-refractivity contribution is 5.93. The third-order valence-electron chi connectivity index (χ3n) is 4.80. The second kappa shape index (κ2) is 7.89. The molecule has 136 valence electrons. The first kappa shape index (κ1) is 19.3. The van der Waals surface area contributed by atoms with Gasteiger partial charge in [0.1, 0.15) is 5.69 Å². The molecule has 1 amide bonds. The van der Waals surface area contributed by atoms with Crippen LogP contribution in [-0.2, 0) is 11.8 Å². The molecule has 1 aromatic carbocycles. The van der Waals surface area contributed by atoms with Crippen molar-refractivity contribution >= 4 is 24.0 Å². The number of rotatable bonds is 3. The summed E-state index contributed by atoms with van der Waals surface area (Å²) >= 11 is 0. The molecule has 0 unspecified atom stereocenters. The molecule has 0 aliphatic carbocycles. The molecule has 2 N–H and O–H groups in total. The molecule has 2 heterocycles. The van der Waals surface area contributed by atoms with Crippen molar-refractivity contribution in [3.05, 3.63) is 46.4 Å². The van der Waals surface area contributed by atoms with E-state index in [1.54, 1.807) is 9.36 Å². The molecule has 1 aliphatic heterocycles. The molecule has 3 rings (SSSR count). The Morgan fingerprint density at radius 3 is 2.60 bits per heavy atom. The molecule has 0 spiro atoms. The number of aromatic nitrogens is 2. The van der Waals surface area contributed by atoms with Crippen molar-refractivity contribution < 1.29 is 4.79 Å². The molecule has 0 radical (unpaired) electrons. The van der Waals surface area contributed by atoms with Crippen LogP contribution in [0.5, 0.6) is 0 Å². The maximum atomic E-state index is 12.8. The Kier molecular flexibility index (Phi) is 6.08. The fourth-order valence-corrected chi connectivity index (χ4v) is 3.31. The number of benzene rings is 1. The number of nitrogens with one attached hydrogen (secondary N) is 2. The van der Waals surface area contributed by atoms with Gasteiger partial charge in [0.25, 0.3) is 5.56 Å². The Hall–Kier alpha value is -2.05. The van der Waals surface area contributed by atoms with E-state index in [4.69, 9.17) is 0 Å². The van der Waals surface area contributed by atoms with Gasteiger partial charge in [-0.3, -0.25) is 14.3 Å². The number of amides is 1. The summed E-state index contributed by atoms with van der Waals surface area (Å²) in [4.78, 5) is 25.4. The molecule has 1 fully saturated rings. The fraction of sp³-hybridized carbons (Fsp3) is 0.444. The molecule has 0 saturated carbocycles. The average molecular weight is 365 g/mol. The number of hydrogen-bond donors (Lipinski definition) is 2. The molecule has 1 aromatic heterocycles. The van der Waals surface area contributed by atoms with Crippen LogP contribution < -0.4 is 16.2 Å². The van der Waals surface area contributed by atoms with Crippen molar-refractivity contribution in [2.45, 2.75) is 32.7 Å². The van der Waals surface area contributed by atoms with E-state index in [-0.39, 0.29) is 29.8 Å². The van der Waals surface area contributed by atoms with E-state index < -0.39 is 0 Å². The average Bonchev–Trinajstić information content (AvgIpc) is 2.79. The van der Waals surface area contributed by atoms with E-state index in [1.165, 1.54) is 0 Å². The Morgan fingerprint density at radius 2 is 1.96 bits per heavy atom. The first-order valence-electron chi connectivity index (χ1n) is 8.37. The first-order chi connectivity index (χ1) is 11.5. The molecular weight excluding hydrogens is 340 g/mol. The molecule has 2 aromatic rings. The zero-order chi connectivity index (χ0) is 17.3. The number of halogens is 1. The normalized spacial score (nSPS) is 20.0. The van der Waals surface area contributed by atoms with E-state index in [0.29, 0.717) is 11.7 Å². The van der Waals surface area contributed by atoms with Crippen LogP contribution in [0.15, 0.2) is 35.1 Å². The molecular formula is C18H25ClN4O2. The summed E-state index contributed by atoms with van der Waals surface area (Å²) in [6, 6.07) is 9.76. The summed E-state index contributed by atoms with van der Waals surface area (Å²) in [5, 5.41) is 6.22. The van der Waals surface area contributed by atoms with Gasteiger partial charge in [0.05, 0.1) is 11.4 Å². The quantitative estimate of drug-likeness (QED) is 0.877. The van der Waals surface area contributed by atoms with Gasteiger partial charge in [-0.1, -0.05) is 18.2 Å². The van der Waals surface area contributed by atoms with Gasteiger partial charge in [0.2, 0.25) is 5.91 Å². The SMILES string of the molecule is Cc1c(NC(=O)[C@H]2CCN[C@@H](C)C2)c(=O)n(-c2ccccc2)n1C.Cl. The highest BCUT2D eigenvalue weighted by Crippen LogP contribution is 2.20. The maximum Gasteiger partial charge on any atom is 0.295 e. The van der Waals surface area contributed by atoms with Gasteiger partial charge in [-0.25, -0.2) is 4.68 Å². The minimum atomic E-state index is -0.198. The third-order valence-corrected chi connectivity index (χ3v) is 4.80. The number of carbonyl (C=O) groups excluding carboxylic acids is 1. The zero-order valence-electron chi connectivity index (χ0n) is 14.8. The number of para-hydroxylation sites is 1. The minimum Gasteiger partial charge on any atom is -0.320 e. The van der Waals surface area contributed by atoms with Gasteiger partial charge < -0.3 is 10.6 Å². The predicted molar refractivity (Wildman–Crippen MR) is 102 cm³/mol. The summed E-state index contributed by atoms with van der Waals surface area (Å²) < 4.78 is 3.36. The fourth-order valence-electron chi connectivity index (χ4n) is 3.31. The van der Waals surface area contributed by atoms with Crippen LogP contribution in [0.3, 0.4) is 0 Å². The standard InChI is InChI=1S/C18H24N4O2.ClH/c1-12-11-14(9-10-19-12)17(23)20-16-13(2)21(3)22(18(16)24)15-7-5-4-6-8-15;/h4-8,12,14,19H,9-11H2,1-3H3,(H,20,23);1H/t12-,14-;/m0./s1. The van der Waals surface area contributed by atoms with Gasteiger partial charge in [0, 0.05) is 19.0 Å². The monoisotopic (exact) mass is 364 g/mol. The van der Waals surface area contributed by atoms with Crippen molar-refractivity contribution in [2.24, 2.45) is 13.0 Å². The highest BCUT2D eigenvalue weighted by Gasteiger charge is 2.27. The van der Waals surface area contributed by atoms with E-state index in [1.807, 2.05) is 44.3 Å². The summed E-state index contributed by atoms with van der Waals surface area (Å²) in [6.45, 7) is 4.76. The van der Waals surface area contributed by atoms with E-state index in [9.17, 15) is 9.59 Å². The van der Waals surface area contributed by atoms with Gasteiger partial charge in [-0.15, -0.1) is 12.4 Å². The highest BCUT2D eigenvalue weighted by atomic mass is 35.5. The van der Waals surface area contributed by atoms with Crippen molar-refractivity contribution in [3.63, 3.8) is 0 Å². The van der Waals surface area contributed by atoms with Crippen LogP contribution >= 0.6 is 12.4 Å². The van der Waals surface area contributed by atoms with Crippen LogP contribution in [0.25, 0.3) is 5.69 Å². The zero-order valence-corrected chi connectivity index (χ0v) is 15.6. The van der Waals surface area contributed by atoms with E-state index in [0.717, 1.165) is 30.8 Å². The summed E-state index contributed by atoms with van der Waals surface area (Å²) in [5.41, 5.74) is 1.71. The second-order valence-corrected chi connectivity index (χ2v) is 6.50. The van der Waals surface area contributed by atoms with Crippen LogP contribution in [0.4, 0.5) is 5.69 Å². The number of carbonyl (C=O) groups is 1. The molecule has 7 heteroatoms. The molecule has 2 atom stereocenters. The lowest BCUT2D eigenvalue weighted by molar-refractivity contribution is -0.120. The van der Waals surface area contributed by atoms with Crippen molar-refractivity contribution in [2.75, 3.05) is 11.9 Å². The predicted octanol–water partition coefficient (Wildman–Crippen LogP) is 2.23. The molecule has 1 aliphatic rings. The summed E-state index contributed by atoms with van der Waals surface area (Å²) in [5.74, 6) is -0.111. The number of anilines is 1. The molecule has 25 heavy (non-hydrogen) atoms. The van der Waals surface area contributed by atoms with Crippen molar-refractivity contribution in [1.29, 1.82) is 0 Å². The Bertz CT molecular complexity index is 797. The van der Waals surface area contributed by atoms with Gasteiger partial charge in [0.15, 0.2) is 0 Å². The molecule has 6 nitrogen and oxygen atoms in total. The van der Waals surface area contributed by atoms with Crippen LogP contribution in [0.1, 0.15) is 25.5 Å². The summed E-state index contributed by atoms with van der Waals surface area (Å²) in [6.07, 6.45) is 1.60. The van der Waals surface area contributed by atoms with Gasteiger partial charge in [-0.05, 0) is 45.4 Å². The Balaban J connectivity index is 0.00000225. The number of nitrogens with zero attached hydrogens (tertiary/aromatic N) is 2. The number of hydrogen-bond acceptors (Lipinski definition) is 3. The van der Waals surface area contributed by atoms with E-state index in [2.05, 4.69) is 17.6 Å². The smallest absolute Gasteiger partial charge is 0.295 e. The number of piperidine rings is 1. The first-order valence-corrected chi connectivity index (χ1v) is 8.37. The van der Waals surface area contributed by atoms with E-state index >= 15 is 0 Å². The van der Waals surface area contributed by atoms with Crippen molar-refractivity contribution in [3.8, 4) is 5.69 Å². The maximum absolute atomic E-state index is 12.8. The van der Waals surface area contributed by atoms with Crippen LogP contribution in [0, 0.1) is 12.8 Å². The lowest BCUT2D eigenvalue weighted by atomic mass is 9.92. The Labute approximate surface area is 153 Å². The lowest BCUT2D eigenvalue weighted by Gasteiger charge is -2.26. The summed E-state index contributed by atoms with van der Waals surface area (Å²) in [7, 11) is 1.83. The molecule has 0 bridgehead atoms. The topological polar surface area (TPSA) is 68.1 Å². The van der Waals surface area contributed by atoms with Crippen molar-refractivity contribution in [1.82, 2.24) is 14.7 Å². The Morgan fingerprint density at radius 1 is 1.28 bits per heavy atom. The minimum absolute atomic E-state index is 0. The van der Waals surface area contributed by atoms with Gasteiger partial charge >= 0.3 is 0 Å². The van der Waals surface area contributed by atoms with Gasteiger partial charge in [-0.2, -0.15) is 0 Å². The second-order valence-electron chi connectivity index (χ2n) is 6.50. The van der Waals surface area contributed by atoms with Crippen LogP contribution in [0.2, 0.25) is 0 Å². The molecule has 1 saturated heterocycles. The third kappa shape index (κ3) is 3.80. The van der Waals surface area contributed by atoms with Crippen LogP contribution in [-0.4, -0.2) is 27.9 Å². The lowest BCUT2D eigenvalue weighted by Crippen LogP contribution is -2.40.